The first-order valence-electron chi connectivity index (χ1n) is 6.97. The van der Waals surface area contributed by atoms with E-state index in [0.717, 1.165) is 12.1 Å². The number of rotatable bonds is 3. The molecule has 1 amide bonds. The average molecular weight is 388 g/mol. The van der Waals surface area contributed by atoms with E-state index in [1.165, 1.54) is 13.0 Å². The van der Waals surface area contributed by atoms with Crippen molar-refractivity contribution >= 4 is 51.9 Å². The first-order valence-corrected chi connectivity index (χ1v) is 7.76. The summed E-state index contributed by atoms with van der Waals surface area (Å²) >= 11 is 10.8. The Morgan fingerprint density at radius 3 is 1.92 bits per heavy atom. The van der Waals surface area contributed by atoms with E-state index in [1.54, 1.807) is 24.3 Å². The Kier molecular flexibility index (Phi) is 5.86. The third-order valence-corrected chi connectivity index (χ3v) is 3.51. The van der Waals surface area contributed by atoms with E-state index in [0.29, 0.717) is 17.1 Å². The van der Waals surface area contributed by atoms with Crippen LogP contribution in [-0.2, 0) is 11.0 Å². The number of nitrogens with one attached hydrogen (secondary N) is 3. The lowest BCUT2D eigenvalue weighted by molar-refractivity contribution is -0.137. The summed E-state index contributed by atoms with van der Waals surface area (Å²) in [6, 6.07) is 10.0. The van der Waals surface area contributed by atoms with E-state index >= 15 is 0 Å². The van der Waals surface area contributed by atoms with Crippen molar-refractivity contribution in [3.63, 3.8) is 0 Å². The van der Waals surface area contributed by atoms with Gasteiger partial charge in [0.1, 0.15) is 0 Å². The van der Waals surface area contributed by atoms with Gasteiger partial charge < -0.3 is 16.0 Å². The Bertz CT molecular complexity index is 794. The number of benzene rings is 2. The van der Waals surface area contributed by atoms with Crippen LogP contribution < -0.4 is 16.0 Å². The number of carbonyl (C=O) groups is 1. The van der Waals surface area contributed by atoms with Crippen molar-refractivity contribution in [2.45, 2.75) is 13.1 Å². The topological polar surface area (TPSA) is 53.2 Å². The van der Waals surface area contributed by atoms with Crippen LogP contribution in [0, 0.1) is 0 Å². The summed E-state index contributed by atoms with van der Waals surface area (Å²) in [6.07, 6.45) is -4.51. The predicted molar refractivity (Wildman–Crippen MR) is 97.0 cm³/mol. The standard InChI is InChI=1S/C16H13ClF3N3OS/c1-9(24)21-10-2-4-11(5-3-10)22-15(25)23-12-6-7-13(14(17)8-12)16(18,19)20/h2-8H,1H3,(H,21,24)(H2,22,23,25). The third kappa shape index (κ3) is 5.61. The molecule has 0 radical (unpaired) electrons. The Morgan fingerprint density at radius 1 is 0.960 bits per heavy atom. The summed E-state index contributed by atoms with van der Waals surface area (Å²) in [6.45, 7) is 1.40. The molecule has 4 nitrogen and oxygen atoms in total. The van der Waals surface area contributed by atoms with Gasteiger partial charge in [-0.1, -0.05) is 11.6 Å². The van der Waals surface area contributed by atoms with Gasteiger partial charge in [-0.05, 0) is 54.7 Å². The average Bonchev–Trinajstić information content (AvgIpc) is 2.47. The van der Waals surface area contributed by atoms with Gasteiger partial charge in [-0.3, -0.25) is 4.79 Å². The monoisotopic (exact) mass is 387 g/mol. The summed E-state index contributed by atoms with van der Waals surface area (Å²) in [5.41, 5.74) is 0.689. The van der Waals surface area contributed by atoms with Crippen LogP contribution in [-0.4, -0.2) is 11.0 Å². The zero-order valence-electron chi connectivity index (χ0n) is 12.9. The molecule has 0 spiro atoms. The van der Waals surface area contributed by atoms with Crippen LogP contribution >= 0.6 is 23.8 Å². The van der Waals surface area contributed by atoms with E-state index < -0.39 is 16.8 Å². The quantitative estimate of drug-likeness (QED) is 0.639. The van der Waals surface area contributed by atoms with E-state index in [1.807, 2.05) is 0 Å². The van der Waals surface area contributed by atoms with Gasteiger partial charge in [0.25, 0.3) is 0 Å². The second-order valence-electron chi connectivity index (χ2n) is 5.03. The van der Waals surface area contributed by atoms with E-state index in [4.69, 9.17) is 23.8 Å². The Labute approximate surface area is 152 Å². The van der Waals surface area contributed by atoms with Crippen LogP contribution in [0.3, 0.4) is 0 Å². The van der Waals surface area contributed by atoms with E-state index in [2.05, 4.69) is 16.0 Å². The van der Waals surface area contributed by atoms with Crippen molar-refractivity contribution in [2.24, 2.45) is 0 Å². The predicted octanol–water partition coefficient (Wildman–Crippen LogP) is 5.13. The van der Waals surface area contributed by atoms with Crippen molar-refractivity contribution < 1.29 is 18.0 Å². The van der Waals surface area contributed by atoms with Crippen LogP contribution in [0.25, 0.3) is 0 Å². The molecular weight excluding hydrogens is 375 g/mol. The van der Waals surface area contributed by atoms with Crippen molar-refractivity contribution in [1.82, 2.24) is 0 Å². The van der Waals surface area contributed by atoms with Gasteiger partial charge in [0.05, 0.1) is 10.6 Å². The molecule has 0 aliphatic heterocycles. The van der Waals surface area contributed by atoms with E-state index in [-0.39, 0.29) is 11.0 Å². The molecule has 0 bridgehead atoms. The van der Waals surface area contributed by atoms with Gasteiger partial charge in [-0.25, -0.2) is 0 Å². The number of alkyl halides is 3. The van der Waals surface area contributed by atoms with Crippen molar-refractivity contribution in [1.29, 1.82) is 0 Å². The van der Waals surface area contributed by atoms with Crippen molar-refractivity contribution in [2.75, 3.05) is 16.0 Å². The highest BCUT2D eigenvalue weighted by Gasteiger charge is 2.33. The second-order valence-corrected chi connectivity index (χ2v) is 5.85. The fourth-order valence-electron chi connectivity index (χ4n) is 1.96. The largest absolute Gasteiger partial charge is 0.417 e. The maximum absolute atomic E-state index is 12.7. The third-order valence-electron chi connectivity index (χ3n) is 3.00. The maximum Gasteiger partial charge on any atom is 0.417 e. The molecule has 0 saturated carbocycles. The van der Waals surface area contributed by atoms with Crippen molar-refractivity contribution in [3.8, 4) is 0 Å². The molecule has 25 heavy (non-hydrogen) atoms. The van der Waals surface area contributed by atoms with Gasteiger partial charge in [0.15, 0.2) is 5.11 Å². The molecular formula is C16H13ClF3N3OS. The number of hydrogen-bond donors (Lipinski definition) is 3. The zero-order valence-corrected chi connectivity index (χ0v) is 14.4. The molecule has 0 aliphatic carbocycles. The molecule has 0 aliphatic rings. The van der Waals surface area contributed by atoms with Crippen LogP contribution in [0.4, 0.5) is 30.2 Å². The SMILES string of the molecule is CC(=O)Nc1ccc(NC(=S)Nc2ccc(C(F)(F)F)c(Cl)c2)cc1. The Morgan fingerprint density at radius 2 is 1.44 bits per heavy atom. The van der Waals surface area contributed by atoms with Crippen LogP contribution in [0.15, 0.2) is 42.5 Å². The first-order chi connectivity index (χ1) is 11.6. The highest BCUT2D eigenvalue weighted by molar-refractivity contribution is 7.80. The number of amides is 1. The summed E-state index contributed by atoms with van der Waals surface area (Å²) in [4.78, 5) is 11.0. The fraction of sp³-hybridized carbons (Fsp3) is 0.125. The number of carbonyl (C=O) groups excluding carboxylic acids is 1. The summed E-state index contributed by atoms with van der Waals surface area (Å²) < 4.78 is 38.0. The number of hydrogen-bond acceptors (Lipinski definition) is 2. The minimum Gasteiger partial charge on any atom is -0.332 e. The van der Waals surface area contributed by atoms with Gasteiger partial charge in [-0.15, -0.1) is 0 Å². The number of thiocarbonyl (C=S) groups is 1. The Balaban J connectivity index is 2.00. The zero-order chi connectivity index (χ0) is 18.6. The highest BCUT2D eigenvalue weighted by atomic mass is 35.5. The van der Waals surface area contributed by atoms with Crippen LogP contribution in [0.5, 0.6) is 0 Å². The number of halogens is 4. The van der Waals surface area contributed by atoms with E-state index in [9.17, 15) is 18.0 Å². The molecule has 0 aromatic heterocycles. The minimum absolute atomic E-state index is 0.183. The lowest BCUT2D eigenvalue weighted by Gasteiger charge is -2.13. The van der Waals surface area contributed by atoms with Gasteiger partial charge in [-0.2, -0.15) is 13.2 Å². The molecule has 2 aromatic carbocycles. The maximum atomic E-state index is 12.7. The van der Waals surface area contributed by atoms with Gasteiger partial charge >= 0.3 is 6.18 Å². The normalized spacial score (nSPS) is 10.9. The highest BCUT2D eigenvalue weighted by Crippen LogP contribution is 2.35. The molecule has 0 heterocycles. The van der Waals surface area contributed by atoms with Gasteiger partial charge in [0, 0.05) is 24.0 Å². The lowest BCUT2D eigenvalue weighted by Crippen LogP contribution is -2.19. The fourth-order valence-corrected chi connectivity index (χ4v) is 2.48. The molecule has 0 fully saturated rings. The van der Waals surface area contributed by atoms with Gasteiger partial charge in [0.2, 0.25) is 5.91 Å². The molecule has 9 heteroatoms. The molecule has 2 rings (SSSR count). The molecule has 0 atom stereocenters. The minimum atomic E-state index is -4.51. The number of anilines is 3. The molecule has 3 N–H and O–H groups in total. The summed E-state index contributed by atoms with van der Waals surface area (Å²) in [5.74, 6) is -0.183. The molecule has 0 saturated heterocycles. The van der Waals surface area contributed by atoms with Crippen LogP contribution in [0.2, 0.25) is 5.02 Å². The smallest absolute Gasteiger partial charge is 0.332 e. The second kappa shape index (κ2) is 7.71. The summed E-state index contributed by atoms with van der Waals surface area (Å²) in [7, 11) is 0. The molecule has 0 unspecified atom stereocenters. The summed E-state index contributed by atoms with van der Waals surface area (Å²) in [5, 5.41) is 8.03. The first kappa shape index (κ1) is 19.0. The molecule has 2 aromatic rings. The Hall–Kier alpha value is -2.32. The lowest BCUT2D eigenvalue weighted by atomic mass is 10.2. The van der Waals surface area contributed by atoms with Crippen molar-refractivity contribution in [3.05, 3.63) is 53.1 Å². The molecule has 132 valence electrons. The van der Waals surface area contributed by atoms with Crippen LogP contribution in [0.1, 0.15) is 12.5 Å².